The van der Waals surface area contributed by atoms with Crippen LogP contribution in [0.15, 0.2) is 18.3 Å². The van der Waals surface area contributed by atoms with Crippen LogP contribution in [0.3, 0.4) is 0 Å². The summed E-state index contributed by atoms with van der Waals surface area (Å²) in [5, 5.41) is 3.41. The summed E-state index contributed by atoms with van der Waals surface area (Å²) in [6.45, 7) is 15.1. The molecule has 19 heavy (non-hydrogen) atoms. The van der Waals surface area contributed by atoms with Gasteiger partial charge in [0.05, 0.1) is 26.2 Å². The molecule has 0 bridgehead atoms. The van der Waals surface area contributed by atoms with E-state index in [1.807, 2.05) is 12.3 Å². The van der Waals surface area contributed by atoms with Crippen LogP contribution in [0.5, 0.6) is 0 Å². The molecule has 0 aliphatic heterocycles. The van der Waals surface area contributed by atoms with E-state index in [1.54, 1.807) is 0 Å². The maximum Gasteiger partial charge on any atom is 0.126 e. The molecule has 1 aromatic heterocycles. The van der Waals surface area contributed by atoms with Crippen molar-refractivity contribution in [1.29, 1.82) is 0 Å². The fraction of sp³-hybridized carbons (Fsp3) is 0.688. The molecule has 0 atom stereocenters. The van der Waals surface area contributed by atoms with E-state index in [0.29, 0.717) is 0 Å². The van der Waals surface area contributed by atoms with Crippen molar-refractivity contribution in [3.63, 3.8) is 0 Å². The highest BCUT2D eigenvalue weighted by molar-refractivity contribution is 5.36. The molecular weight excluding hydrogens is 234 g/mol. The third-order valence-electron chi connectivity index (χ3n) is 4.29. The first-order valence-corrected chi connectivity index (χ1v) is 7.67. The number of hydrogen-bond acceptors (Lipinski definition) is 2. The number of pyridine rings is 1. The molecule has 1 N–H and O–H groups in total. The van der Waals surface area contributed by atoms with Crippen molar-refractivity contribution < 1.29 is 4.48 Å². The predicted molar refractivity (Wildman–Crippen MR) is 83.4 cm³/mol. The molecule has 3 nitrogen and oxygen atoms in total. The van der Waals surface area contributed by atoms with Crippen LogP contribution in [0, 0.1) is 6.92 Å². The second-order valence-electron chi connectivity index (χ2n) is 5.37. The van der Waals surface area contributed by atoms with Crippen LogP contribution in [0.1, 0.15) is 39.2 Å². The van der Waals surface area contributed by atoms with Gasteiger partial charge >= 0.3 is 0 Å². The van der Waals surface area contributed by atoms with Crippen LogP contribution in [0.25, 0.3) is 0 Å². The number of hydrogen-bond donors (Lipinski definition) is 1. The van der Waals surface area contributed by atoms with E-state index >= 15 is 0 Å². The number of rotatable bonds is 9. The minimum absolute atomic E-state index is 1.00. The quantitative estimate of drug-likeness (QED) is 0.546. The first-order chi connectivity index (χ1) is 9.15. The van der Waals surface area contributed by atoms with Crippen LogP contribution in [0.4, 0.5) is 5.82 Å². The lowest BCUT2D eigenvalue weighted by molar-refractivity contribution is -0.923. The number of anilines is 1. The number of nitrogens with one attached hydrogen (secondary N) is 1. The fourth-order valence-electron chi connectivity index (χ4n) is 2.57. The largest absolute Gasteiger partial charge is 0.370 e. The lowest BCUT2D eigenvalue weighted by Gasteiger charge is -2.35. The van der Waals surface area contributed by atoms with Gasteiger partial charge in [-0.05, 0) is 58.2 Å². The van der Waals surface area contributed by atoms with Crippen molar-refractivity contribution in [2.75, 3.05) is 38.0 Å². The Labute approximate surface area is 118 Å². The normalized spacial score (nSPS) is 11.6. The summed E-state index contributed by atoms with van der Waals surface area (Å²) in [7, 11) is 0. The Hall–Kier alpha value is -1.09. The highest BCUT2D eigenvalue weighted by atomic mass is 15.3. The molecule has 0 saturated carbocycles. The lowest BCUT2D eigenvalue weighted by Crippen LogP contribution is -2.48. The molecular formula is C16H30N3+. The average Bonchev–Trinajstić information content (AvgIpc) is 2.44. The summed E-state index contributed by atoms with van der Waals surface area (Å²) in [5.74, 6) is 1.00. The Balaban J connectivity index is 2.24. The van der Waals surface area contributed by atoms with E-state index in [9.17, 15) is 0 Å². The molecule has 1 aromatic rings. The number of unbranched alkanes of at least 4 members (excludes halogenated alkanes) is 1. The van der Waals surface area contributed by atoms with Crippen molar-refractivity contribution in [3.05, 3.63) is 23.9 Å². The molecule has 0 fully saturated rings. The highest BCUT2D eigenvalue weighted by Gasteiger charge is 2.19. The Morgan fingerprint density at radius 2 is 1.79 bits per heavy atom. The number of aromatic nitrogens is 1. The van der Waals surface area contributed by atoms with E-state index in [-0.39, 0.29) is 0 Å². The predicted octanol–water partition coefficient (Wildman–Crippen LogP) is 3.46. The van der Waals surface area contributed by atoms with Crippen molar-refractivity contribution in [2.45, 2.75) is 40.5 Å². The van der Waals surface area contributed by atoms with Gasteiger partial charge in [0.2, 0.25) is 0 Å². The van der Waals surface area contributed by atoms with Gasteiger partial charge in [0.1, 0.15) is 5.82 Å². The molecule has 3 heteroatoms. The lowest BCUT2D eigenvalue weighted by atomic mass is 10.2. The highest BCUT2D eigenvalue weighted by Crippen LogP contribution is 2.09. The molecule has 0 unspecified atom stereocenters. The van der Waals surface area contributed by atoms with Gasteiger partial charge in [-0.15, -0.1) is 0 Å². The third-order valence-corrected chi connectivity index (χ3v) is 4.29. The molecule has 0 aromatic carbocycles. The second kappa shape index (κ2) is 8.16. The Bertz CT molecular complexity index is 351. The molecule has 1 rings (SSSR count). The van der Waals surface area contributed by atoms with E-state index in [0.717, 1.165) is 12.4 Å². The first kappa shape index (κ1) is 16.0. The molecule has 108 valence electrons. The summed E-state index contributed by atoms with van der Waals surface area (Å²) < 4.78 is 1.25. The fourth-order valence-corrected chi connectivity index (χ4v) is 2.57. The van der Waals surface area contributed by atoms with Crippen molar-refractivity contribution in [2.24, 2.45) is 0 Å². The number of aryl methyl sites for hydroxylation is 1. The molecule has 0 saturated heterocycles. The summed E-state index contributed by atoms with van der Waals surface area (Å²) in [4.78, 5) is 4.32. The minimum atomic E-state index is 1.00. The van der Waals surface area contributed by atoms with Gasteiger partial charge in [-0.1, -0.05) is 0 Å². The smallest absolute Gasteiger partial charge is 0.126 e. The van der Waals surface area contributed by atoms with Gasteiger partial charge in [-0.25, -0.2) is 4.98 Å². The Morgan fingerprint density at radius 3 is 2.37 bits per heavy atom. The summed E-state index contributed by atoms with van der Waals surface area (Å²) in [6.07, 6.45) is 4.37. The second-order valence-corrected chi connectivity index (χ2v) is 5.37. The zero-order chi connectivity index (χ0) is 14.1. The van der Waals surface area contributed by atoms with Crippen LogP contribution in [-0.2, 0) is 0 Å². The zero-order valence-electron chi connectivity index (χ0n) is 13.1. The zero-order valence-corrected chi connectivity index (χ0v) is 13.1. The molecule has 0 radical (unpaired) electrons. The van der Waals surface area contributed by atoms with Gasteiger partial charge in [0.25, 0.3) is 0 Å². The SMILES string of the molecule is CC[N+](CC)(CC)CCCCNc1cc(C)ccn1. The summed E-state index contributed by atoms with van der Waals surface area (Å²) in [5.41, 5.74) is 1.26. The monoisotopic (exact) mass is 264 g/mol. The summed E-state index contributed by atoms with van der Waals surface area (Å²) in [6, 6.07) is 4.13. The molecule has 0 aliphatic rings. The van der Waals surface area contributed by atoms with Crippen LogP contribution < -0.4 is 5.32 Å². The maximum absolute atomic E-state index is 4.32. The Kier molecular flexibility index (Phi) is 6.85. The first-order valence-electron chi connectivity index (χ1n) is 7.67. The van der Waals surface area contributed by atoms with E-state index in [1.165, 1.54) is 49.1 Å². The van der Waals surface area contributed by atoms with Gasteiger partial charge in [-0.2, -0.15) is 0 Å². The van der Waals surface area contributed by atoms with E-state index in [2.05, 4.69) is 44.1 Å². The van der Waals surface area contributed by atoms with Crippen LogP contribution in [0.2, 0.25) is 0 Å². The third kappa shape index (κ3) is 5.19. The molecule has 1 heterocycles. The van der Waals surface area contributed by atoms with Crippen LogP contribution in [-0.4, -0.2) is 42.2 Å². The summed E-state index contributed by atoms with van der Waals surface area (Å²) >= 11 is 0. The Morgan fingerprint density at radius 1 is 1.11 bits per heavy atom. The van der Waals surface area contributed by atoms with Crippen molar-refractivity contribution in [1.82, 2.24) is 4.98 Å². The van der Waals surface area contributed by atoms with Crippen molar-refractivity contribution in [3.8, 4) is 0 Å². The van der Waals surface area contributed by atoms with Gasteiger partial charge in [-0.3, -0.25) is 0 Å². The van der Waals surface area contributed by atoms with Crippen LogP contribution >= 0.6 is 0 Å². The van der Waals surface area contributed by atoms with Gasteiger partial charge in [0, 0.05) is 12.7 Å². The molecule has 0 amide bonds. The van der Waals surface area contributed by atoms with E-state index in [4.69, 9.17) is 0 Å². The standard InChI is InChI=1S/C16H30N3/c1-5-19(6-2,7-3)13-9-8-11-17-16-14-15(4)10-12-18-16/h10,12,14H,5-9,11,13H2,1-4H3,(H,17,18)/q+1. The molecule has 0 spiro atoms. The maximum atomic E-state index is 4.32. The number of nitrogens with zero attached hydrogens (tertiary/aromatic N) is 2. The molecule has 0 aliphatic carbocycles. The van der Waals surface area contributed by atoms with Gasteiger partial charge < -0.3 is 9.80 Å². The minimum Gasteiger partial charge on any atom is -0.370 e. The average molecular weight is 264 g/mol. The number of quaternary nitrogens is 1. The van der Waals surface area contributed by atoms with Gasteiger partial charge in [0.15, 0.2) is 0 Å². The topological polar surface area (TPSA) is 24.9 Å². The van der Waals surface area contributed by atoms with Crippen molar-refractivity contribution >= 4 is 5.82 Å². The van der Waals surface area contributed by atoms with E-state index < -0.39 is 0 Å².